The highest BCUT2D eigenvalue weighted by Gasteiger charge is 2.25. The van der Waals surface area contributed by atoms with Crippen molar-refractivity contribution in [1.29, 1.82) is 0 Å². The van der Waals surface area contributed by atoms with E-state index in [1.54, 1.807) is 12.3 Å². The van der Waals surface area contributed by atoms with E-state index in [0.717, 1.165) is 31.5 Å². The van der Waals surface area contributed by atoms with Crippen LogP contribution in [0.2, 0.25) is 0 Å². The Morgan fingerprint density at radius 2 is 1.83 bits per heavy atom. The number of aromatic amines is 1. The summed E-state index contributed by atoms with van der Waals surface area (Å²) in [6.07, 6.45) is 5.78. The van der Waals surface area contributed by atoms with Crippen LogP contribution in [0.15, 0.2) is 73.1 Å². The Morgan fingerprint density at radius 3 is 2.60 bits per heavy atom. The number of pyridine rings is 1. The third kappa shape index (κ3) is 5.24. The summed E-state index contributed by atoms with van der Waals surface area (Å²) in [5, 5.41) is 4.31. The number of amides is 2. The number of carbonyl (C=O) groups is 1. The van der Waals surface area contributed by atoms with Gasteiger partial charge in [-0.2, -0.15) is 0 Å². The zero-order valence-corrected chi connectivity index (χ0v) is 19.9. The summed E-state index contributed by atoms with van der Waals surface area (Å²) >= 11 is 0. The van der Waals surface area contributed by atoms with E-state index >= 15 is 0 Å². The summed E-state index contributed by atoms with van der Waals surface area (Å²) in [5.74, 6) is 2.26. The van der Waals surface area contributed by atoms with Crippen LogP contribution in [0.4, 0.5) is 4.79 Å². The van der Waals surface area contributed by atoms with Gasteiger partial charge in [0, 0.05) is 49.0 Å². The Bertz CT molecular complexity index is 1280. The SMILES string of the molecule is CCOc1ccccc1Oc1ccc(CNC(=O)N2CCC(c3c[nH]c4ccccc34)CC2)cn1. The Kier molecular flexibility index (Phi) is 6.84. The molecule has 2 aromatic carbocycles. The normalized spacial score (nSPS) is 14.1. The number of hydrogen-bond donors (Lipinski definition) is 2. The van der Waals surface area contributed by atoms with Crippen LogP contribution in [-0.2, 0) is 6.54 Å². The van der Waals surface area contributed by atoms with Gasteiger partial charge in [0.05, 0.1) is 6.61 Å². The topological polar surface area (TPSA) is 79.5 Å². The molecule has 7 nitrogen and oxygen atoms in total. The molecule has 5 rings (SSSR count). The summed E-state index contributed by atoms with van der Waals surface area (Å²) in [5.41, 5.74) is 3.45. The molecule has 0 aliphatic carbocycles. The van der Waals surface area contributed by atoms with Gasteiger partial charge in [-0.15, -0.1) is 0 Å². The molecule has 0 atom stereocenters. The molecule has 2 amide bonds. The van der Waals surface area contributed by atoms with Crippen LogP contribution in [0.1, 0.15) is 36.8 Å². The first-order valence-corrected chi connectivity index (χ1v) is 12.1. The largest absolute Gasteiger partial charge is 0.490 e. The van der Waals surface area contributed by atoms with Gasteiger partial charge in [-0.05, 0) is 55.0 Å². The van der Waals surface area contributed by atoms with Crippen LogP contribution in [0, 0.1) is 0 Å². The maximum Gasteiger partial charge on any atom is 0.317 e. The van der Waals surface area contributed by atoms with Crippen molar-refractivity contribution < 1.29 is 14.3 Å². The van der Waals surface area contributed by atoms with Gasteiger partial charge >= 0.3 is 6.03 Å². The first-order valence-electron chi connectivity index (χ1n) is 12.1. The van der Waals surface area contributed by atoms with E-state index in [0.29, 0.717) is 36.4 Å². The van der Waals surface area contributed by atoms with Crippen LogP contribution >= 0.6 is 0 Å². The third-order valence-electron chi connectivity index (χ3n) is 6.45. The molecule has 0 spiro atoms. The molecule has 0 radical (unpaired) electrons. The maximum atomic E-state index is 12.7. The number of benzene rings is 2. The summed E-state index contributed by atoms with van der Waals surface area (Å²) in [6, 6.07) is 19.6. The fourth-order valence-corrected chi connectivity index (χ4v) is 4.61. The van der Waals surface area contributed by atoms with Crippen molar-refractivity contribution in [2.45, 2.75) is 32.2 Å². The van der Waals surface area contributed by atoms with Crippen LogP contribution < -0.4 is 14.8 Å². The Morgan fingerprint density at radius 1 is 1.06 bits per heavy atom. The second-order valence-electron chi connectivity index (χ2n) is 8.70. The predicted molar refractivity (Wildman–Crippen MR) is 136 cm³/mol. The van der Waals surface area contributed by atoms with Crippen LogP contribution in [-0.4, -0.2) is 40.6 Å². The maximum absolute atomic E-state index is 12.7. The molecular weight excluding hydrogens is 440 g/mol. The molecule has 180 valence electrons. The molecule has 0 bridgehead atoms. The highest BCUT2D eigenvalue weighted by Crippen LogP contribution is 2.33. The van der Waals surface area contributed by atoms with Gasteiger partial charge in [0.1, 0.15) is 0 Å². The lowest BCUT2D eigenvalue weighted by Crippen LogP contribution is -2.43. The highest BCUT2D eigenvalue weighted by molar-refractivity contribution is 5.83. The van der Waals surface area contributed by atoms with E-state index in [9.17, 15) is 4.79 Å². The van der Waals surface area contributed by atoms with E-state index in [1.165, 1.54) is 16.5 Å². The van der Waals surface area contributed by atoms with Crippen molar-refractivity contribution in [2.75, 3.05) is 19.7 Å². The minimum Gasteiger partial charge on any atom is -0.490 e. The lowest BCUT2D eigenvalue weighted by atomic mass is 9.89. The number of para-hydroxylation sites is 3. The van der Waals surface area contributed by atoms with Crippen LogP contribution in [0.5, 0.6) is 17.4 Å². The second kappa shape index (κ2) is 10.5. The fraction of sp³-hybridized carbons (Fsp3) is 0.286. The molecule has 3 heterocycles. The molecular formula is C28H30N4O3. The number of hydrogen-bond acceptors (Lipinski definition) is 4. The van der Waals surface area contributed by atoms with Crippen molar-refractivity contribution in [2.24, 2.45) is 0 Å². The Balaban J connectivity index is 1.11. The minimum atomic E-state index is -0.0339. The number of rotatable bonds is 7. The van der Waals surface area contributed by atoms with E-state index in [4.69, 9.17) is 9.47 Å². The molecule has 0 saturated carbocycles. The third-order valence-corrected chi connectivity index (χ3v) is 6.45. The van der Waals surface area contributed by atoms with E-state index in [1.807, 2.05) is 48.2 Å². The first kappa shape index (κ1) is 22.8. The van der Waals surface area contributed by atoms with Crippen molar-refractivity contribution in [1.82, 2.24) is 20.2 Å². The van der Waals surface area contributed by atoms with Crippen molar-refractivity contribution in [3.63, 3.8) is 0 Å². The number of carbonyl (C=O) groups excluding carboxylic acids is 1. The highest BCUT2D eigenvalue weighted by atomic mass is 16.5. The molecule has 0 unspecified atom stereocenters. The van der Waals surface area contributed by atoms with E-state index in [2.05, 4.69) is 39.7 Å². The molecule has 2 aromatic heterocycles. The minimum absolute atomic E-state index is 0.0339. The summed E-state index contributed by atoms with van der Waals surface area (Å²) in [4.78, 5) is 22.4. The van der Waals surface area contributed by atoms with Gasteiger partial charge in [0.25, 0.3) is 0 Å². The van der Waals surface area contributed by atoms with Gasteiger partial charge in [0.15, 0.2) is 11.5 Å². The molecule has 7 heteroatoms. The summed E-state index contributed by atoms with van der Waals surface area (Å²) in [6.45, 7) is 4.42. The Hall–Kier alpha value is -4.00. The van der Waals surface area contributed by atoms with Crippen LogP contribution in [0.3, 0.4) is 0 Å². The smallest absolute Gasteiger partial charge is 0.317 e. The average molecular weight is 471 g/mol. The van der Waals surface area contributed by atoms with Gasteiger partial charge in [-0.3, -0.25) is 0 Å². The van der Waals surface area contributed by atoms with Gasteiger partial charge in [0.2, 0.25) is 5.88 Å². The number of piperidine rings is 1. The molecule has 1 aliphatic heterocycles. The number of nitrogens with one attached hydrogen (secondary N) is 2. The zero-order chi connectivity index (χ0) is 24.0. The zero-order valence-electron chi connectivity index (χ0n) is 19.9. The molecule has 1 aliphatic rings. The van der Waals surface area contributed by atoms with E-state index < -0.39 is 0 Å². The number of urea groups is 1. The van der Waals surface area contributed by atoms with Crippen molar-refractivity contribution in [3.8, 4) is 17.4 Å². The standard InChI is InChI=1S/C28H30N4O3/c1-2-34-25-9-5-6-10-26(25)35-27-12-11-20(17-30-27)18-31-28(33)32-15-13-21(14-16-32)23-19-29-24-8-4-3-7-22(23)24/h3-12,17,19,21,29H,2,13-16,18H2,1H3,(H,31,33). The number of aromatic nitrogens is 2. The van der Waals surface area contributed by atoms with Crippen molar-refractivity contribution in [3.05, 3.63) is 84.2 Å². The molecule has 1 fully saturated rings. The van der Waals surface area contributed by atoms with Crippen LogP contribution in [0.25, 0.3) is 10.9 Å². The first-order chi connectivity index (χ1) is 17.2. The summed E-state index contributed by atoms with van der Waals surface area (Å²) < 4.78 is 11.5. The Labute approximate surface area is 205 Å². The number of H-pyrrole nitrogens is 1. The van der Waals surface area contributed by atoms with Gasteiger partial charge in [-0.25, -0.2) is 9.78 Å². The quantitative estimate of drug-likeness (QED) is 0.355. The van der Waals surface area contributed by atoms with Gasteiger partial charge < -0.3 is 24.7 Å². The predicted octanol–water partition coefficient (Wildman–Crippen LogP) is 5.84. The van der Waals surface area contributed by atoms with E-state index in [-0.39, 0.29) is 6.03 Å². The lowest BCUT2D eigenvalue weighted by molar-refractivity contribution is 0.181. The monoisotopic (exact) mass is 470 g/mol. The number of ether oxygens (including phenoxy) is 2. The lowest BCUT2D eigenvalue weighted by Gasteiger charge is -2.32. The molecule has 1 saturated heterocycles. The van der Waals surface area contributed by atoms with Gasteiger partial charge in [-0.1, -0.05) is 36.4 Å². The fourth-order valence-electron chi connectivity index (χ4n) is 4.61. The second-order valence-corrected chi connectivity index (χ2v) is 8.70. The van der Waals surface area contributed by atoms with Crippen molar-refractivity contribution >= 4 is 16.9 Å². The summed E-state index contributed by atoms with van der Waals surface area (Å²) in [7, 11) is 0. The number of nitrogens with zero attached hydrogens (tertiary/aromatic N) is 2. The average Bonchev–Trinajstić information content (AvgIpc) is 3.34. The molecule has 4 aromatic rings. The number of fused-ring (bicyclic) bond motifs is 1. The molecule has 35 heavy (non-hydrogen) atoms. The number of likely N-dealkylation sites (tertiary alicyclic amines) is 1. The molecule has 2 N–H and O–H groups in total.